The largest absolute Gasteiger partial charge is 0.507 e. The van der Waals surface area contributed by atoms with Crippen LogP contribution in [0, 0.1) is 10.8 Å². The number of likely N-dealkylation sites (tertiary alicyclic amines) is 1. The van der Waals surface area contributed by atoms with Crippen LogP contribution in [0.3, 0.4) is 0 Å². The third kappa shape index (κ3) is 2.72. The predicted molar refractivity (Wildman–Crippen MR) is 106 cm³/mol. The zero-order valence-corrected chi connectivity index (χ0v) is 16.6. The second-order valence-electron chi connectivity index (χ2n) is 10.3. The third-order valence-electron chi connectivity index (χ3n) is 7.10. The second-order valence-corrected chi connectivity index (χ2v) is 10.3. The Morgan fingerprint density at radius 1 is 1.19 bits per heavy atom. The van der Waals surface area contributed by atoms with Crippen molar-refractivity contribution in [2.45, 2.75) is 71.9 Å². The maximum atomic E-state index is 12.5. The number of phenolic OH excluding ortho intramolecular Hbond substituents is 1. The van der Waals surface area contributed by atoms with Gasteiger partial charge in [0.2, 0.25) is 0 Å². The van der Waals surface area contributed by atoms with Crippen LogP contribution < -0.4 is 5.63 Å². The molecule has 0 amide bonds. The lowest BCUT2D eigenvalue weighted by Gasteiger charge is -2.40. The first-order valence-electron chi connectivity index (χ1n) is 10.3. The molecule has 2 atom stereocenters. The second kappa shape index (κ2) is 5.60. The number of fused-ring (bicyclic) bond motifs is 5. The van der Waals surface area contributed by atoms with Crippen LogP contribution in [-0.4, -0.2) is 22.6 Å². The van der Waals surface area contributed by atoms with Crippen molar-refractivity contribution in [1.29, 1.82) is 0 Å². The van der Waals surface area contributed by atoms with E-state index in [1.54, 1.807) is 6.07 Å². The molecule has 27 heavy (non-hydrogen) atoms. The van der Waals surface area contributed by atoms with Gasteiger partial charge in [-0.15, -0.1) is 0 Å². The topological polar surface area (TPSA) is 53.7 Å². The Hall–Kier alpha value is -1.81. The molecular formula is C23H29NO3. The highest BCUT2D eigenvalue weighted by molar-refractivity contribution is 5.86. The van der Waals surface area contributed by atoms with Crippen LogP contribution in [0.2, 0.25) is 0 Å². The molecule has 5 rings (SSSR count). The smallest absolute Gasteiger partial charge is 0.339 e. The van der Waals surface area contributed by atoms with Gasteiger partial charge in [-0.25, -0.2) is 4.79 Å². The fourth-order valence-corrected chi connectivity index (χ4v) is 6.51. The van der Waals surface area contributed by atoms with Crippen LogP contribution in [0.5, 0.6) is 5.75 Å². The number of rotatable bonds is 2. The van der Waals surface area contributed by atoms with Gasteiger partial charge in [-0.2, -0.15) is 0 Å². The first-order valence-corrected chi connectivity index (χ1v) is 10.3. The summed E-state index contributed by atoms with van der Waals surface area (Å²) >= 11 is 0. The molecule has 144 valence electrons. The van der Waals surface area contributed by atoms with Gasteiger partial charge in [0.1, 0.15) is 11.3 Å². The maximum absolute atomic E-state index is 12.5. The van der Waals surface area contributed by atoms with Gasteiger partial charge in [0.15, 0.2) is 0 Å². The molecule has 1 aromatic heterocycles. The molecule has 2 heterocycles. The van der Waals surface area contributed by atoms with E-state index in [1.165, 1.54) is 19.3 Å². The first kappa shape index (κ1) is 17.3. The minimum absolute atomic E-state index is 0.213. The average Bonchev–Trinajstić information content (AvgIpc) is 3.13. The molecule has 2 bridgehead atoms. The fourth-order valence-electron chi connectivity index (χ4n) is 6.51. The number of hydrogen-bond acceptors (Lipinski definition) is 4. The van der Waals surface area contributed by atoms with Crippen LogP contribution >= 0.6 is 0 Å². The van der Waals surface area contributed by atoms with E-state index in [-0.39, 0.29) is 11.4 Å². The van der Waals surface area contributed by atoms with Crippen molar-refractivity contribution in [2.24, 2.45) is 10.8 Å². The highest BCUT2D eigenvalue weighted by atomic mass is 16.4. The van der Waals surface area contributed by atoms with Gasteiger partial charge >= 0.3 is 5.63 Å². The summed E-state index contributed by atoms with van der Waals surface area (Å²) in [6.45, 7) is 8.85. The summed E-state index contributed by atoms with van der Waals surface area (Å²) in [5.41, 5.74) is 3.85. The van der Waals surface area contributed by atoms with E-state index in [1.807, 2.05) is 6.07 Å². The summed E-state index contributed by atoms with van der Waals surface area (Å²) in [6.07, 6.45) is 6.41. The normalized spacial score (nSPS) is 29.4. The van der Waals surface area contributed by atoms with E-state index in [0.717, 1.165) is 47.9 Å². The Kier molecular flexibility index (Phi) is 3.59. The average molecular weight is 367 g/mol. The number of aryl methyl sites for hydroxylation is 1. The molecule has 3 aliphatic rings. The number of phenols is 1. The molecule has 2 aliphatic carbocycles. The quantitative estimate of drug-likeness (QED) is 0.800. The summed E-state index contributed by atoms with van der Waals surface area (Å²) in [5.74, 6) is 0.245. The number of nitrogens with zero attached hydrogens (tertiary/aromatic N) is 1. The lowest BCUT2D eigenvalue weighted by Crippen LogP contribution is -2.34. The van der Waals surface area contributed by atoms with E-state index in [9.17, 15) is 9.90 Å². The van der Waals surface area contributed by atoms with Crippen molar-refractivity contribution in [2.75, 3.05) is 6.54 Å². The highest BCUT2D eigenvalue weighted by Gasteiger charge is 2.49. The van der Waals surface area contributed by atoms with Crippen LogP contribution in [0.25, 0.3) is 11.0 Å². The minimum Gasteiger partial charge on any atom is -0.507 e. The van der Waals surface area contributed by atoms with Gasteiger partial charge in [-0.05, 0) is 67.1 Å². The lowest BCUT2D eigenvalue weighted by molar-refractivity contribution is 0.126. The number of aromatic hydroxyl groups is 1. The summed E-state index contributed by atoms with van der Waals surface area (Å²) in [4.78, 5) is 15.0. The summed E-state index contributed by atoms with van der Waals surface area (Å²) in [6, 6.07) is 4.24. The van der Waals surface area contributed by atoms with Gasteiger partial charge in [-0.1, -0.05) is 20.8 Å². The molecule has 4 nitrogen and oxygen atoms in total. The van der Waals surface area contributed by atoms with Crippen molar-refractivity contribution >= 4 is 11.0 Å². The predicted octanol–water partition coefficient (Wildman–Crippen LogP) is 4.39. The Morgan fingerprint density at radius 3 is 2.78 bits per heavy atom. The van der Waals surface area contributed by atoms with Crippen LogP contribution in [0.1, 0.15) is 63.1 Å². The molecule has 2 fully saturated rings. The molecule has 4 heteroatoms. The maximum Gasteiger partial charge on any atom is 0.339 e. The van der Waals surface area contributed by atoms with Crippen LogP contribution in [0.4, 0.5) is 0 Å². The van der Waals surface area contributed by atoms with Gasteiger partial charge in [0.25, 0.3) is 0 Å². The van der Waals surface area contributed by atoms with E-state index >= 15 is 0 Å². The molecule has 1 aliphatic heterocycles. The SMILES string of the molecule is CC1(C)C[C@@H]2C[C@](C)(CN2Cc2c(O)ccc3c4c(c(=O)oc23)CCC4)C1. The zero-order valence-electron chi connectivity index (χ0n) is 16.6. The molecule has 0 radical (unpaired) electrons. The van der Waals surface area contributed by atoms with Gasteiger partial charge in [-0.3, -0.25) is 4.90 Å². The van der Waals surface area contributed by atoms with Crippen LogP contribution in [-0.2, 0) is 19.4 Å². The van der Waals surface area contributed by atoms with Gasteiger partial charge in [0, 0.05) is 30.1 Å². The molecule has 1 aromatic carbocycles. The van der Waals surface area contributed by atoms with Crippen LogP contribution in [0.15, 0.2) is 21.3 Å². The molecule has 2 aromatic rings. The van der Waals surface area contributed by atoms with Crippen molar-refractivity contribution in [1.82, 2.24) is 4.90 Å². The molecule has 1 saturated carbocycles. The van der Waals surface area contributed by atoms with E-state index < -0.39 is 0 Å². The third-order valence-corrected chi connectivity index (χ3v) is 7.10. The van der Waals surface area contributed by atoms with E-state index in [0.29, 0.717) is 29.0 Å². The molecule has 0 spiro atoms. The summed E-state index contributed by atoms with van der Waals surface area (Å²) < 4.78 is 5.76. The first-order chi connectivity index (χ1) is 12.7. The molecule has 0 unspecified atom stereocenters. The van der Waals surface area contributed by atoms with Crippen molar-refractivity contribution in [3.05, 3.63) is 39.2 Å². The fraction of sp³-hybridized carbons (Fsp3) is 0.609. The Morgan fingerprint density at radius 2 is 1.96 bits per heavy atom. The monoisotopic (exact) mass is 367 g/mol. The van der Waals surface area contributed by atoms with E-state index in [4.69, 9.17) is 4.42 Å². The number of benzene rings is 1. The minimum atomic E-state index is -0.213. The van der Waals surface area contributed by atoms with Crippen molar-refractivity contribution in [3.8, 4) is 5.75 Å². The van der Waals surface area contributed by atoms with Crippen molar-refractivity contribution in [3.63, 3.8) is 0 Å². The standard InChI is InChI=1S/C23H29NO3/c1-22(2)9-14-10-23(3,12-22)13-24(14)11-18-19(25)8-7-16-15-5-4-6-17(15)21(26)27-20(16)18/h7-8,14,25H,4-6,9-13H2,1-3H3/t14-,23+/m1/s1. The number of hydrogen-bond donors (Lipinski definition) is 1. The van der Waals surface area contributed by atoms with E-state index in [2.05, 4.69) is 25.7 Å². The summed E-state index contributed by atoms with van der Waals surface area (Å²) in [7, 11) is 0. The zero-order chi connectivity index (χ0) is 19.0. The Bertz CT molecular complexity index is 989. The Balaban J connectivity index is 1.57. The summed E-state index contributed by atoms with van der Waals surface area (Å²) in [5, 5.41) is 11.6. The molecular weight excluding hydrogens is 338 g/mol. The Labute approximate surface area is 160 Å². The lowest BCUT2D eigenvalue weighted by atomic mass is 9.65. The van der Waals surface area contributed by atoms with Crippen molar-refractivity contribution < 1.29 is 9.52 Å². The van der Waals surface area contributed by atoms with Gasteiger partial charge in [0.05, 0.1) is 5.56 Å². The highest BCUT2D eigenvalue weighted by Crippen LogP contribution is 2.53. The molecule has 1 saturated heterocycles. The van der Waals surface area contributed by atoms with Gasteiger partial charge < -0.3 is 9.52 Å². The molecule has 1 N–H and O–H groups in total.